The van der Waals surface area contributed by atoms with Crippen molar-refractivity contribution in [3.8, 4) is 6.07 Å². The van der Waals surface area contributed by atoms with E-state index in [2.05, 4.69) is 15.3 Å². The van der Waals surface area contributed by atoms with E-state index in [1.807, 2.05) is 6.07 Å². The number of aromatic nitrogens is 2. The average Bonchev–Trinajstić information content (AvgIpc) is 2.30. The number of nitrogens with two attached hydrogens (primary N) is 1. The Morgan fingerprint density at radius 1 is 1.19 bits per heavy atom. The normalized spacial score (nSPS) is 9.44. The smallest absolute Gasteiger partial charge is 0.229 e. The highest BCUT2D eigenvalue weighted by Crippen LogP contribution is 2.13. The molecule has 0 atom stereocenters. The molecule has 16 heavy (non-hydrogen) atoms. The molecular formula is C11H9N5. The van der Waals surface area contributed by atoms with Crippen LogP contribution < -0.4 is 11.1 Å². The SMILES string of the molecule is N#Cc1ccc(Nc2nccc(N)n2)cc1. The van der Waals surface area contributed by atoms with Gasteiger partial charge in [0, 0.05) is 11.9 Å². The molecule has 78 valence electrons. The molecule has 0 bridgehead atoms. The second-order valence-electron chi connectivity index (χ2n) is 3.12. The molecule has 2 rings (SSSR count). The number of nitrogens with zero attached hydrogens (tertiary/aromatic N) is 3. The molecule has 0 saturated heterocycles. The Morgan fingerprint density at radius 2 is 1.94 bits per heavy atom. The highest BCUT2D eigenvalue weighted by Gasteiger charge is 1.98. The van der Waals surface area contributed by atoms with Crippen molar-refractivity contribution >= 4 is 17.5 Å². The zero-order valence-electron chi connectivity index (χ0n) is 8.38. The average molecular weight is 211 g/mol. The van der Waals surface area contributed by atoms with Crippen LogP contribution in [0.4, 0.5) is 17.5 Å². The first-order chi connectivity index (χ1) is 7.78. The first kappa shape index (κ1) is 9.93. The van der Waals surface area contributed by atoms with Gasteiger partial charge in [-0.3, -0.25) is 0 Å². The van der Waals surface area contributed by atoms with Crippen LogP contribution >= 0.6 is 0 Å². The zero-order chi connectivity index (χ0) is 11.4. The maximum Gasteiger partial charge on any atom is 0.229 e. The molecule has 1 aromatic heterocycles. The lowest BCUT2D eigenvalue weighted by molar-refractivity contribution is 1.17. The van der Waals surface area contributed by atoms with E-state index in [9.17, 15) is 0 Å². The molecular weight excluding hydrogens is 202 g/mol. The van der Waals surface area contributed by atoms with Gasteiger partial charge in [0.25, 0.3) is 0 Å². The van der Waals surface area contributed by atoms with Gasteiger partial charge in [-0.05, 0) is 30.3 Å². The first-order valence-electron chi connectivity index (χ1n) is 4.63. The van der Waals surface area contributed by atoms with Crippen molar-refractivity contribution in [2.45, 2.75) is 0 Å². The minimum absolute atomic E-state index is 0.408. The molecule has 0 saturated carbocycles. The lowest BCUT2D eigenvalue weighted by Crippen LogP contribution is -1.99. The van der Waals surface area contributed by atoms with Crippen LogP contribution in [0.3, 0.4) is 0 Å². The lowest BCUT2D eigenvalue weighted by Gasteiger charge is -2.04. The summed E-state index contributed by atoms with van der Waals surface area (Å²) in [7, 11) is 0. The molecule has 1 heterocycles. The van der Waals surface area contributed by atoms with E-state index < -0.39 is 0 Å². The minimum Gasteiger partial charge on any atom is -0.384 e. The lowest BCUT2D eigenvalue weighted by atomic mass is 10.2. The number of nitrogens with one attached hydrogen (secondary N) is 1. The molecule has 0 amide bonds. The van der Waals surface area contributed by atoms with Crippen LogP contribution in [0, 0.1) is 11.3 Å². The summed E-state index contributed by atoms with van der Waals surface area (Å²) in [4.78, 5) is 8.01. The largest absolute Gasteiger partial charge is 0.384 e. The van der Waals surface area contributed by atoms with Gasteiger partial charge >= 0.3 is 0 Å². The molecule has 0 spiro atoms. The summed E-state index contributed by atoms with van der Waals surface area (Å²) in [6, 6.07) is 10.7. The number of rotatable bonds is 2. The fourth-order valence-corrected chi connectivity index (χ4v) is 1.19. The van der Waals surface area contributed by atoms with E-state index in [-0.39, 0.29) is 0 Å². The maximum atomic E-state index is 8.64. The molecule has 0 aliphatic carbocycles. The van der Waals surface area contributed by atoms with Crippen LogP contribution in [-0.2, 0) is 0 Å². The molecule has 1 aromatic carbocycles. The molecule has 5 nitrogen and oxygen atoms in total. The van der Waals surface area contributed by atoms with Gasteiger partial charge in [-0.2, -0.15) is 10.2 Å². The Balaban J connectivity index is 2.18. The Kier molecular flexibility index (Phi) is 2.65. The maximum absolute atomic E-state index is 8.64. The van der Waals surface area contributed by atoms with Gasteiger partial charge < -0.3 is 11.1 Å². The number of nitriles is 1. The van der Waals surface area contributed by atoms with Gasteiger partial charge in [-0.25, -0.2) is 4.98 Å². The van der Waals surface area contributed by atoms with Gasteiger partial charge in [0.1, 0.15) is 5.82 Å². The van der Waals surface area contributed by atoms with E-state index in [0.29, 0.717) is 17.3 Å². The number of benzene rings is 1. The molecule has 5 heteroatoms. The van der Waals surface area contributed by atoms with Crippen molar-refractivity contribution in [1.82, 2.24) is 9.97 Å². The topological polar surface area (TPSA) is 87.6 Å². The van der Waals surface area contributed by atoms with Gasteiger partial charge in [-0.1, -0.05) is 0 Å². The van der Waals surface area contributed by atoms with Gasteiger partial charge in [0.15, 0.2) is 0 Å². The van der Waals surface area contributed by atoms with Crippen molar-refractivity contribution in [1.29, 1.82) is 5.26 Å². The zero-order valence-corrected chi connectivity index (χ0v) is 8.38. The second kappa shape index (κ2) is 4.28. The highest BCUT2D eigenvalue weighted by molar-refractivity contribution is 5.55. The van der Waals surface area contributed by atoms with Crippen LogP contribution in [0.5, 0.6) is 0 Å². The molecule has 2 aromatic rings. The number of nitrogen functional groups attached to an aromatic ring is 1. The van der Waals surface area contributed by atoms with Crippen LogP contribution in [0.1, 0.15) is 5.56 Å². The Morgan fingerprint density at radius 3 is 2.56 bits per heavy atom. The Bertz CT molecular complexity index is 527. The minimum atomic E-state index is 0.408. The van der Waals surface area contributed by atoms with E-state index in [1.54, 1.807) is 36.5 Å². The van der Waals surface area contributed by atoms with E-state index in [0.717, 1.165) is 5.69 Å². The molecule has 0 fully saturated rings. The Labute approximate surface area is 92.6 Å². The third-order valence-electron chi connectivity index (χ3n) is 1.95. The molecule has 0 unspecified atom stereocenters. The van der Waals surface area contributed by atoms with Crippen molar-refractivity contribution in [3.63, 3.8) is 0 Å². The van der Waals surface area contributed by atoms with E-state index in [1.165, 1.54) is 0 Å². The van der Waals surface area contributed by atoms with Gasteiger partial charge in [0.2, 0.25) is 5.95 Å². The summed E-state index contributed by atoms with van der Waals surface area (Å²) < 4.78 is 0. The fourth-order valence-electron chi connectivity index (χ4n) is 1.19. The summed E-state index contributed by atoms with van der Waals surface area (Å²) in [5.41, 5.74) is 6.94. The third-order valence-corrected chi connectivity index (χ3v) is 1.95. The molecule has 3 N–H and O–H groups in total. The summed E-state index contributed by atoms with van der Waals surface area (Å²) in [5, 5.41) is 11.6. The monoisotopic (exact) mass is 211 g/mol. The third kappa shape index (κ3) is 2.25. The number of hydrogen-bond acceptors (Lipinski definition) is 5. The van der Waals surface area contributed by atoms with Crippen LogP contribution in [0.2, 0.25) is 0 Å². The van der Waals surface area contributed by atoms with Crippen molar-refractivity contribution < 1.29 is 0 Å². The summed E-state index contributed by atoms with van der Waals surface area (Å²) in [6.45, 7) is 0. The molecule has 0 aliphatic heterocycles. The molecule has 0 aliphatic rings. The predicted molar refractivity (Wildman–Crippen MR) is 60.9 cm³/mol. The fraction of sp³-hybridized carbons (Fsp3) is 0. The van der Waals surface area contributed by atoms with Crippen LogP contribution in [-0.4, -0.2) is 9.97 Å². The summed E-state index contributed by atoms with van der Waals surface area (Å²) in [5.74, 6) is 0.843. The number of anilines is 3. The quantitative estimate of drug-likeness (QED) is 0.788. The highest BCUT2D eigenvalue weighted by atomic mass is 15.1. The first-order valence-corrected chi connectivity index (χ1v) is 4.63. The van der Waals surface area contributed by atoms with Crippen molar-refractivity contribution in [2.24, 2.45) is 0 Å². The Hall–Kier alpha value is -2.61. The van der Waals surface area contributed by atoms with Gasteiger partial charge in [0.05, 0.1) is 11.6 Å². The number of hydrogen-bond donors (Lipinski definition) is 2. The van der Waals surface area contributed by atoms with E-state index >= 15 is 0 Å². The van der Waals surface area contributed by atoms with Crippen molar-refractivity contribution in [3.05, 3.63) is 42.1 Å². The summed E-state index contributed by atoms with van der Waals surface area (Å²) in [6.07, 6.45) is 1.58. The second-order valence-corrected chi connectivity index (χ2v) is 3.12. The predicted octanol–water partition coefficient (Wildman–Crippen LogP) is 1.67. The van der Waals surface area contributed by atoms with Crippen LogP contribution in [0.25, 0.3) is 0 Å². The summed E-state index contributed by atoms with van der Waals surface area (Å²) >= 11 is 0. The molecule has 0 radical (unpaired) electrons. The van der Waals surface area contributed by atoms with Crippen LogP contribution in [0.15, 0.2) is 36.5 Å². The van der Waals surface area contributed by atoms with E-state index in [4.69, 9.17) is 11.0 Å². The van der Waals surface area contributed by atoms with Gasteiger partial charge in [-0.15, -0.1) is 0 Å². The standard InChI is InChI=1S/C11H9N5/c12-7-8-1-3-9(4-2-8)15-11-14-6-5-10(13)16-11/h1-6H,(H3,13,14,15,16). The van der Waals surface area contributed by atoms with Crippen molar-refractivity contribution in [2.75, 3.05) is 11.1 Å².